The van der Waals surface area contributed by atoms with Crippen LogP contribution in [0.5, 0.6) is 0 Å². The second-order valence-electron chi connectivity index (χ2n) is 5.12. The number of benzene rings is 1. The summed E-state index contributed by atoms with van der Waals surface area (Å²) in [6.45, 7) is 3.84. The lowest BCUT2D eigenvalue weighted by Crippen LogP contribution is -2.45. The Morgan fingerprint density at radius 1 is 1.21 bits per heavy atom. The van der Waals surface area contributed by atoms with E-state index in [-0.39, 0.29) is 18.4 Å². The molecule has 4 nitrogen and oxygen atoms in total. The molecule has 0 aromatic heterocycles. The molecule has 1 heterocycles. The number of carbonyl (C=O) groups is 2. The van der Waals surface area contributed by atoms with Crippen LogP contribution in [-0.2, 0) is 0 Å². The van der Waals surface area contributed by atoms with Crippen LogP contribution in [0.25, 0.3) is 0 Å². The largest absolute Gasteiger partial charge is 0.331 e. The van der Waals surface area contributed by atoms with Crippen LogP contribution in [0, 0.1) is 5.92 Å². The molecule has 1 aliphatic heterocycles. The van der Waals surface area contributed by atoms with Gasteiger partial charge in [0.05, 0.1) is 6.54 Å². The Labute approximate surface area is 113 Å². The van der Waals surface area contributed by atoms with E-state index in [4.69, 9.17) is 0 Å². The molecule has 1 aliphatic rings. The monoisotopic (exact) mass is 260 g/mol. The highest BCUT2D eigenvalue weighted by molar-refractivity contribution is 5.99. The molecule has 1 fully saturated rings. The smallest absolute Gasteiger partial charge is 0.317 e. The van der Waals surface area contributed by atoms with E-state index in [0.717, 1.165) is 25.9 Å². The van der Waals surface area contributed by atoms with Gasteiger partial charge in [-0.05, 0) is 18.8 Å². The molecule has 2 amide bonds. The average molecular weight is 260 g/mol. The predicted molar refractivity (Wildman–Crippen MR) is 74.1 cm³/mol. The number of Topliss-reactive ketones (excluding diaryl/α,β-unsaturated/α-hetero) is 1. The summed E-state index contributed by atoms with van der Waals surface area (Å²) in [5, 5.41) is 2.70. The van der Waals surface area contributed by atoms with Crippen LogP contribution in [-0.4, -0.2) is 36.3 Å². The summed E-state index contributed by atoms with van der Waals surface area (Å²) in [5.74, 6) is 0.634. The number of ketones is 1. The molecule has 1 saturated heterocycles. The number of piperidine rings is 1. The molecule has 19 heavy (non-hydrogen) atoms. The second kappa shape index (κ2) is 6.36. The lowest BCUT2D eigenvalue weighted by atomic mass is 10.00. The third-order valence-electron chi connectivity index (χ3n) is 3.57. The number of amides is 2. The normalized spacial score (nSPS) is 16.2. The molecule has 0 radical (unpaired) electrons. The number of hydrogen-bond donors (Lipinski definition) is 1. The van der Waals surface area contributed by atoms with Crippen molar-refractivity contribution >= 4 is 11.8 Å². The summed E-state index contributed by atoms with van der Waals surface area (Å²) in [5.41, 5.74) is 0.634. The zero-order chi connectivity index (χ0) is 13.7. The van der Waals surface area contributed by atoms with Crippen LogP contribution >= 0.6 is 0 Å². The van der Waals surface area contributed by atoms with E-state index in [0.29, 0.717) is 11.5 Å². The van der Waals surface area contributed by atoms with Crippen LogP contribution in [0.1, 0.15) is 30.1 Å². The first-order valence-electron chi connectivity index (χ1n) is 6.78. The molecule has 0 bridgehead atoms. The van der Waals surface area contributed by atoms with Crippen molar-refractivity contribution in [1.29, 1.82) is 0 Å². The maximum Gasteiger partial charge on any atom is 0.317 e. The Bertz CT molecular complexity index is 437. The maximum absolute atomic E-state index is 11.9. The van der Waals surface area contributed by atoms with Crippen LogP contribution in [0.2, 0.25) is 0 Å². The van der Waals surface area contributed by atoms with Gasteiger partial charge in [-0.1, -0.05) is 37.3 Å². The Morgan fingerprint density at radius 3 is 2.47 bits per heavy atom. The first kappa shape index (κ1) is 13.6. The van der Waals surface area contributed by atoms with Crippen molar-refractivity contribution in [3.05, 3.63) is 35.9 Å². The summed E-state index contributed by atoms with van der Waals surface area (Å²) in [4.78, 5) is 25.5. The number of hydrogen-bond acceptors (Lipinski definition) is 2. The molecule has 1 N–H and O–H groups in total. The van der Waals surface area contributed by atoms with Crippen LogP contribution in [0.3, 0.4) is 0 Å². The van der Waals surface area contributed by atoms with Crippen molar-refractivity contribution in [3.8, 4) is 0 Å². The molecule has 0 saturated carbocycles. The third kappa shape index (κ3) is 3.81. The van der Waals surface area contributed by atoms with Crippen molar-refractivity contribution in [2.24, 2.45) is 5.92 Å². The SMILES string of the molecule is CC1CCN(C(=O)NCC(=O)c2ccccc2)CC1. The molecule has 1 aromatic rings. The maximum atomic E-state index is 11.9. The highest BCUT2D eigenvalue weighted by Gasteiger charge is 2.20. The number of carbonyl (C=O) groups excluding carboxylic acids is 2. The molecule has 4 heteroatoms. The van der Waals surface area contributed by atoms with Gasteiger partial charge in [-0.25, -0.2) is 4.79 Å². The van der Waals surface area contributed by atoms with E-state index in [1.54, 1.807) is 17.0 Å². The van der Waals surface area contributed by atoms with Gasteiger partial charge in [-0.2, -0.15) is 0 Å². The van der Waals surface area contributed by atoms with Gasteiger partial charge in [0.1, 0.15) is 0 Å². The number of nitrogens with zero attached hydrogens (tertiary/aromatic N) is 1. The average Bonchev–Trinajstić information content (AvgIpc) is 2.46. The van der Waals surface area contributed by atoms with E-state index in [1.807, 2.05) is 18.2 Å². The van der Waals surface area contributed by atoms with E-state index in [9.17, 15) is 9.59 Å². The quantitative estimate of drug-likeness (QED) is 0.848. The second-order valence-corrected chi connectivity index (χ2v) is 5.12. The molecular formula is C15H20N2O2. The van der Waals surface area contributed by atoms with E-state index in [1.165, 1.54) is 0 Å². The fourth-order valence-corrected chi connectivity index (χ4v) is 2.21. The molecule has 102 valence electrons. The predicted octanol–water partition coefficient (Wildman–Crippen LogP) is 2.31. The first-order valence-corrected chi connectivity index (χ1v) is 6.78. The van der Waals surface area contributed by atoms with Crippen LogP contribution < -0.4 is 5.32 Å². The molecule has 0 spiro atoms. The van der Waals surface area contributed by atoms with E-state index in [2.05, 4.69) is 12.2 Å². The summed E-state index contributed by atoms with van der Waals surface area (Å²) in [7, 11) is 0. The summed E-state index contributed by atoms with van der Waals surface area (Å²) in [6.07, 6.45) is 2.08. The van der Waals surface area contributed by atoms with Crippen molar-refractivity contribution in [2.75, 3.05) is 19.6 Å². The molecule has 0 atom stereocenters. The number of nitrogens with one attached hydrogen (secondary N) is 1. The Kier molecular flexibility index (Phi) is 4.55. The van der Waals surface area contributed by atoms with Gasteiger partial charge in [0.2, 0.25) is 0 Å². The minimum atomic E-state index is -0.129. The van der Waals surface area contributed by atoms with Gasteiger partial charge in [-0.15, -0.1) is 0 Å². The molecule has 0 unspecified atom stereocenters. The summed E-state index contributed by atoms with van der Waals surface area (Å²) < 4.78 is 0. The van der Waals surface area contributed by atoms with Gasteiger partial charge >= 0.3 is 6.03 Å². The fraction of sp³-hybridized carbons (Fsp3) is 0.467. The Morgan fingerprint density at radius 2 is 1.84 bits per heavy atom. The standard InChI is InChI=1S/C15H20N2O2/c1-12-7-9-17(10-8-12)15(19)16-11-14(18)13-5-3-2-4-6-13/h2-6,12H,7-11H2,1H3,(H,16,19). The van der Waals surface area contributed by atoms with E-state index >= 15 is 0 Å². The summed E-state index contributed by atoms with van der Waals surface area (Å²) in [6, 6.07) is 8.90. The molecule has 0 aliphatic carbocycles. The summed E-state index contributed by atoms with van der Waals surface area (Å²) >= 11 is 0. The van der Waals surface area contributed by atoms with Gasteiger partial charge in [0, 0.05) is 18.7 Å². The van der Waals surface area contributed by atoms with Crippen LogP contribution in [0.4, 0.5) is 4.79 Å². The molecule has 1 aromatic carbocycles. The van der Waals surface area contributed by atoms with E-state index < -0.39 is 0 Å². The van der Waals surface area contributed by atoms with Gasteiger partial charge in [0.25, 0.3) is 0 Å². The zero-order valence-electron chi connectivity index (χ0n) is 11.3. The lowest BCUT2D eigenvalue weighted by molar-refractivity contribution is 0.0987. The zero-order valence-corrected chi connectivity index (χ0v) is 11.3. The van der Waals surface area contributed by atoms with Gasteiger partial charge < -0.3 is 10.2 Å². The minimum absolute atomic E-state index is 0.0562. The topological polar surface area (TPSA) is 49.4 Å². The number of urea groups is 1. The highest BCUT2D eigenvalue weighted by Crippen LogP contribution is 2.15. The fourth-order valence-electron chi connectivity index (χ4n) is 2.21. The number of rotatable bonds is 3. The molecular weight excluding hydrogens is 240 g/mol. The minimum Gasteiger partial charge on any atom is -0.331 e. The van der Waals surface area contributed by atoms with Gasteiger partial charge in [0.15, 0.2) is 5.78 Å². The van der Waals surface area contributed by atoms with Crippen molar-refractivity contribution in [3.63, 3.8) is 0 Å². The number of likely N-dealkylation sites (tertiary alicyclic amines) is 1. The van der Waals surface area contributed by atoms with Gasteiger partial charge in [-0.3, -0.25) is 4.79 Å². The highest BCUT2D eigenvalue weighted by atomic mass is 16.2. The first-order chi connectivity index (χ1) is 9.16. The molecule has 2 rings (SSSR count). The van der Waals surface area contributed by atoms with Crippen molar-refractivity contribution < 1.29 is 9.59 Å². The Balaban J connectivity index is 1.79. The lowest BCUT2D eigenvalue weighted by Gasteiger charge is -2.30. The third-order valence-corrected chi connectivity index (χ3v) is 3.57. The van der Waals surface area contributed by atoms with Crippen LogP contribution in [0.15, 0.2) is 30.3 Å². The van der Waals surface area contributed by atoms with Crippen molar-refractivity contribution in [1.82, 2.24) is 10.2 Å². The Hall–Kier alpha value is -1.84. The van der Waals surface area contributed by atoms with Crippen molar-refractivity contribution in [2.45, 2.75) is 19.8 Å².